The van der Waals surface area contributed by atoms with Crippen LogP contribution in [0.5, 0.6) is 0 Å². The van der Waals surface area contributed by atoms with E-state index in [1.165, 1.54) is 25.7 Å². The molecule has 0 radical (unpaired) electrons. The van der Waals surface area contributed by atoms with Crippen LogP contribution in [0.4, 0.5) is 0 Å². The van der Waals surface area contributed by atoms with Crippen LogP contribution in [0, 0.1) is 5.92 Å². The third-order valence-corrected chi connectivity index (χ3v) is 4.40. The van der Waals surface area contributed by atoms with Gasteiger partial charge in [0.05, 0.1) is 13.2 Å². The van der Waals surface area contributed by atoms with Crippen molar-refractivity contribution in [3.05, 3.63) is 35.4 Å². The van der Waals surface area contributed by atoms with Gasteiger partial charge in [0.2, 0.25) is 0 Å². The van der Waals surface area contributed by atoms with E-state index in [1.54, 1.807) is 0 Å². The zero-order chi connectivity index (χ0) is 15.8. The predicted molar refractivity (Wildman–Crippen MR) is 107 cm³/mol. The average Bonchev–Trinajstić information content (AvgIpc) is 2.55. The number of nitrogens with one attached hydrogen (secondary N) is 2. The number of aliphatic hydroxyl groups is 1. The van der Waals surface area contributed by atoms with Crippen LogP contribution in [-0.4, -0.2) is 23.7 Å². The lowest BCUT2D eigenvalue weighted by Gasteiger charge is -2.28. The molecule has 0 atom stereocenters. The molecule has 1 aliphatic rings. The Morgan fingerprint density at radius 2 is 1.83 bits per heavy atom. The van der Waals surface area contributed by atoms with Crippen molar-refractivity contribution in [2.45, 2.75) is 58.7 Å². The minimum absolute atomic E-state index is 0. The quantitative estimate of drug-likeness (QED) is 0.381. The summed E-state index contributed by atoms with van der Waals surface area (Å²) in [6, 6.07) is 8.45. The number of nitrogens with zero attached hydrogens (tertiary/aromatic N) is 1. The average molecular weight is 431 g/mol. The molecule has 1 fully saturated rings. The third-order valence-electron chi connectivity index (χ3n) is 4.40. The number of guanidine groups is 1. The lowest BCUT2D eigenvalue weighted by molar-refractivity contribution is 0.280. The monoisotopic (exact) mass is 431 g/mol. The lowest BCUT2D eigenvalue weighted by Crippen LogP contribution is -2.44. The number of aliphatic hydroxyl groups excluding tert-OH is 1. The summed E-state index contributed by atoms with van der Waals surface area (Å²) in [6.07, 6.45) is 5.03. The van der Waals surface area contributed by atoms with Gasteiger partial charge in [-0.25, -0.2) is 4.99 Å². The molecule has 4 nitrogen and oxygen atoms in total. The van der Waals surface area contributed by atoms with Gasteiger partial charge >= 0.3 is 0 Å². The smallest absolute Gasteiger partial charge is 0.191 e. The zero-order valence-corrected chi connectivity index (χ0v) is 16.5. The number of rotatable bonds is 5. The molecule has 0 amide bonds. The summed E-state index contributed by atoms with van der Waals surface area (Å²) < 4.78 is 0. The van der Waals surface area contributed by atoms with E-state index in [0.717, 1.165) is 29.5 Å². The number of aliphatic imine (C=N–C) groups is 1. The van der Waals surface area contributed by atoms with Crippen molar-refractivity contribution < 1.29 is 5.11 Å². The molecule has 130 valence electrons. The van der Waals surface area contributed by atoms with Gasteiger partial charge in [-0.3, -0.25) is 0 Å². The molecule has 0 unspecified atom stereocenters. The van der Waals surface area contributed by atoms with Crippen LogP contribution in [0.2, 0.25) is 0 Å². The van der Waals surface area contributed by atoms with Gasteiger partial charge in [-0.05, 0) is 49.7 Å². The highest BCUT2D eigenvalue weighted by Crippen LogP contribution is 2.23. The molecule has 5 heteroatoms. The van der Waals surface area contributed by atoms with E-state index >= 15 is 0 Å². The first-order valence-electron chi connectivity index (χ1n) is 8.45. The highest BCUT2D eigenvalue weighted by atomic mass is 127. The van der Waals surface area contributed by atoms with E-state index in [9.17, 15) is 5.11 Å². The van der Waals surface area contributed by atoms with E-state index in [-0.39, 0.29) is 30.6 Å². The van der Waals surface area contributed by atoms with Crippen molar-refractivity contribution >= 4 is 29.9 Å². The normalized spacial score (nSPS) is 21.4. The Hall–Kier alpha value is -0.820. The first-order chi connectivity index (χ1) is 10.7. The third kappa shape index (κ3) is 6.67. The summed E-state index contributed by atoms with van der Waals surface area (Å²) in [5.74, 6) is 1.74. The highest BCUT2D eigenvalue weighted by Gasteiger charge is 2.18. The van der Waals surface area contributed by atoms with Crippen molar-refractivity contribution in [1.82, 2.24) is 10.6 Å². The van der Waals surface area contributed by atoms with Crippen molar-refractivity contribution in [1.29, 1.82) is 0 Å². The number of hydrogen-bond donors (Lipinski definition) is 3. The Balaban J connectivity index is 0.00000264. The summed E-state index contributed by atoms with van der Waals surface area (Å²) >= 11 is 0. The van der Waals surface area contributed by atoms with Gasteiger partial charge in [0.15, 0.2) is 5.96 Å². The van der Waals surface area contributed by atoms with Crippen molar-refractivity contribution in [3.63, 3.8) is 0 Å². The van der Waals surface area contributed by atoms with Crippen LogP contribution >= 0.6 is 24.0 Å². The molecular formula is C18H30IN3O. The van der Waals surface area contributed by atoms with Crippen LogP contribution in [0.25, 0.3) is 0 Å². The van der Waals surface area contributed by atoms with E-state index in [1.807, 2.05) is 24.3 Å². The van der Waals surface area contributed by atoms with Crippen molar-refractivity contribution in [2.75, 3.05) is 6.54 Å². The number of benzene rings is 1. The molecule has 0 aromatic heterocycles. The van der Waals surface area contributed by atoms with Crippen molar-refractivity contribution in [2.24, 2.45) is 10.9 Å². The highest BCUT2D eigenvalue weighted by molar-refractivity contribution is 14.0. The fourth-order valence-corrected chi connectivity index (χ4v) is 2.95. The van der Waals surface area contributed by atoms with Crippen LogP contribution in [0.3, 0.4) is 0 Å². The first-order valence-corrected chi connectivity index (χ1v) is 8.45. The Labute approximate surface area is 157 Å². The first kappa shape index (κ1) is 20.2. The molecule has 0 heterocycles. The Bertz CT molecular complexity index is 485. The fraction of sp³-hybridized carbons (Fsp3) is 0.611. The van der Waals surface area contributed by atoms with Crippen LogP contribution in [0.1, 0.15) is 50.7 Å². The summed E-state index contributed by atoms with van der Waals surface area (Å²) in [6.45, 7) is 5.94. The van der Waals surface area contributed by atoms with E-state index < -0.39 is 0 Å². The van der Waals surface area contributed by atoms with E-state index in [4.69, 9.17) is 0 Å². The summed E-state index contributed by atoms with van der Waals surface area (Å²) in [5.41, 5.74) is 2.04. The second-order valence-electron chi connectivity index (χ2n) is 6.22. The summed E-state index contributed by atoms with van der Waals surface area (Å²) in [4.78, 5) is 4.69. The molecule has 2 rings (SSSR count). The Kier molecular flexibility index (Phi) is 9.55. The largest absolute Gasteiger partial charge is 0.392 e. The topological polar surface area (TPSA) is 56.7 Å². The van der Waals surface area contributed by atoms with Gasteiger partial charge in [0.25, 0.3) is 0 Å². The Morgan fingerprint density at radius 3 is 2.43 bits per heavy atom. The molecule has 0 saturated heterocycles. The molecule has 1 aromatic rings. The predicted octanol–water partition coefficient (Wildman–Crippen LogP) is 3.43. The van der Waals surface area contributed by atoms with Crippen molar-refractivity contribution in [3.8, 4) is 0 Å². The SMILES string of the molecule is CCNC(=NCc1ccccc1CO)NC1CCC(C)CC1.I. The molecule has 0 aliphatic heterocycles. The van der Waals surface area contributed by atoms with Gasteiger partial charge < -0.3 is 15.7 Å². The van der Waals surface area contributed by atoms with E-state index in [2.05, 4.69) is 29.5 Å². The lowest BCUT2D eigenvalue weighted by atomic mass is 9.87. The molecule has 23 heavy (non-hydrogen) atoms. The molecule has 0 spiro atoms. The molecule has 0 bridgehead atoms. The maximum atomic E-state index is 9.39. The van der Waals surface area contributed by atoms with Crippen LogP contribution < -0.4 is 10.6 Å². The molecule has 3 N–H and O–H groups in total. The summed E-state index contributed by atoms with van der Waals surface area (Å²) in [7, 11) is 0. The van der Waals surface area contributed by atoms with Gasteiger partial charge in [0, 0.05) is 12.6 Å². The second-order valence-corrected chi connectivity index (χ2v) is 6.22. The Morgan fingerprint density at radius 1 is 1.17 bits per heavy atom. The van der Waals surface area contributed by atoms with Gasteiger partial charge in [-0.2, -0.15) is 0 Å². The minimum atomic E-state index is 0. The summed E-state index contributed by atoms with van der Waals surface area (Å²) in [5, 5.41) is 16.3. The molecule has 1 aromatic carbocycles. The fourth-order valence-electron chi connectivity index (χ4n) is 2.95. The number of halogens is 1. The standard InChI is InChI=1S/C18H29N3O.HI/c1-3-19-18(21-17-10-8-14(2)9-11-17)20-12-15-6-4-5-7-16(15)13-22;/h4-7,14,17,22H,3,8-13H2,1-2H3,(H2,19,20,21);1H. The molecule has 1 saturated carbocycles. The van der Waals surface area contributed by atoms with Crippen LogP contribution in [0.15, 0.2) is 29.3 Å². The van der Waals surface area contributed by atoms with E-state index in [0.29, 0.717) is 12.6 Å². The second kappa shape index (κ2) is 10.9. The number of hydrogen-bond acceptors (Lipinski definition) is 2. The molecular weight excluding hydrogens is 401 g/mol. The van der Waals surface area contributed by atoms with Crippen LogP contribution in [-0.2, 0) is 13.2 Å². The maximum Gasteiger partial charge on any atom is 0.191 e. The van der Waals surface area contributed by atoms with Gasteiger partial charge in [-0.1, -0.05) is 31.2 Å². The minimum Gasteiger partial charge on any atom is -0.392 e. The van der Waals surface area contributed by atoms with Gasteiger partial charge in [0.1, 0.15) is 0 Å². The van der Waals surface area contributed by atoms with Gasteiger partial charge in [-0.15, -0.1) is 24.0 Å². The molecule has 1 aliphatic carbocycles. The zero-order valence-electron chi connectivity index (χ0n) is 14.2. The maximum absolute atomic E-state index is 9.39.